The molecule has 0 atom stereocenters. The van der Waals surface area contributed by atoms with Gasteiger partial charge in [-0.25, -0.2) is 4.57 Å². The second kappa shape index (κ2) is 7.63. The van der Waals surface area contributed by atoms with Crippen molar-refractivity contribution < 1.29 is 17.8 Å². The standard InChI is InChI=1S/C13H24NO3Si/c1-5-13-8-6-9-14(12-13)10-7-11-18(15-2,16-3)17-4/h6,8-9,12H,5,7,10-11H2,1-4H3/q+1. The van der Waals surface area contributed by atoms with E-state index in [2.05, 4.69) is 36.0 Å². The van der Waals surface area contributed by atoms with Crippen LogP contribution in [0.4, 0.5) is 0 Å². The van der Waals surface area contributed by atoms with E-state index in [4.69, 9.17) is 13.3 Å². The van der Waals surface area contributed by atoms with Gasteiger partial charge in [0, 0.05) is 45.4 Å². The van der Waals surface area contributed by atoms with Crippen LogP contribution in [0.1, 0.15) is 18.9 Å². The molecule has 0 fully saturated rings. The molecule has 0 bridgehead atoms. The van der Waals surface area contributed by atoms with Crippen LogP contribution in [-0.2, 0) is 26.2 Å². The van der Waals surface area contributed by atoms with Gasteiger partial charge < -0.3 is 13.3 Å². The highest BCUT2D eigenvalue weighted by molar-refractivity contribution is 6.60. The van der Waals surface area contributed by atoms with Crippen LogP contribution in [0, 0.1) is 0 Å². The topological polar surface area (TPSA) is 31.6 Å². The third-order valence-electron chi connectivity index (χ3n) is 3.16. The Labute approximate surface area is 111 Å². The molecule has 0 saturated heterocycles. The molecule has 0 aliphatic carbocycles. The van der Waals surface area contributed by atoms with Crippen molar-refractivity contribution in [1.82, 2.24) is 0 Å². The quantitative estimate of drug-likeness (QED) is 0.533. The molecule has 0 spiro atoms. The maximum atomic E-state index is 5.40. The Balaban J connectivity index is 2.49. The molecule has 1 aromatic heterocycles. The molecular weight excluding hydrogens is 246 g/mol. The predicted molar refractivity (Wildman–Crippen MR) is 72.2 cm³/mol. The lowest BCUT2D eigenvalue weighted by atomic mass is 10.2. The first-order valence-corrected chi connectivity index (χ1v) is 8.26. The fourth-order valence-corrected chi connectivity index (χ4v) is 3.66. The summed E-state index contributed by atoms with van der Waals surface area (Å²) in [6, 6.07) is 5.07. The molecule has 0 amide bonds. The molecule has 1 rings (SSSR count). The summed E-state index contributed by atoms with van der Waals surface area (Å²) in [4.78, 5) is 0. The van der Waals surface area contributed by atoms with E-state index in [0.29, 0.717) is 0 Å². The van der Waals surface area contributed by atoms with E-state index in [9.17, 15) is 0 Å². The van der Waals surface area contributed by atoms with Crippen LogP contribution in [0.5, 0.6) is 0 Å². The van der Waals surface area contributed by atoms with E-state index in [0.717, 1.165) is 25.4 Å². The Hall–Kier alpha value is -0.753. The molecule has 0 saturated carbocycles. The molecule has 1 heterocycles. The van der Waals surface area contributed by atoms with Crippen molar-refractivity contribution in [2.75, 3.05) is 21.3 Å². The Morgan fingerprint density at radius 2 is 1.83 bits per heavy atom. The molecule has 0 aliphatic heterocycles. The van der Waals surface area contributed by atoms with Gasteiger partial charge in [-0.15, -0.1) is 0 Å². The van der Waals surface area contributed by atoms with Crippen molar-refractivity contribution in [2.24, 2.45) is 0 Å². The van der Waals surface area contributed by atoms with Crippen molar-refractivity contribution in [3.8, 4) is 0 Å². The summed E-state index contributed by atoms with van der Waals surface area (Å²) in [6.07, 6.45) is 6.33. The van der Waals surface area contributed by atoms with Crippen LogP contribution in [0.25, 0.3) is 0 Å². The lowest BCUT2D eigenvalue weighted by Gasteiger charge is -2.23. The second-order valence-corrected chi connectivity index (χ2v) is 7.29. The molecule has 0 N–H and O–H groups in total. The molecule has 18 heavy (non-hydrogen) atoms. The average molecular weight is 270 g/mol. The number of nitrogens with zero attached hydrogens (tertiary/aromatic N) is 1. The summed E-state index contributed by atoms with van der Waals surface area (Å²) in [7, 11) is 2.56. The first kappa shape index (κ1) is 15.3. The van der Waals surface area contributed by atoms with Crippen LogP contribution in [0.3, 0.4) is 0 Å². The number of hydrogen-bond acceptors (Lipinski definition) is 3. The Morgan fingerprint density at radius 3 is 2.39 bits per heavy atom. The molecule has 0 unspecified atom stereocenters. The zero-order valence-corrected chi connectivity index (χ0v) is 12.8. The van der Waals surface area contributed by atoms with Gasteiger partial charge in [-0.2, -0.15) is 0 Å². The number of hydrogen-bond donors (Lipinski definition) is 0. The minimum Gasteiger partial charge on any atom is -0.377 e. The summed E-state index contributed by atoms with van der Waals surface area (Å²) in [5.41, 5.74) is 1.35. The van der Waals surface area contributed by atoms with Gasteiger partial charge in [-0.1, -0.05) is 6.92 Å². The van der Waals surface area contributed by atoms with Crippen LogP contribution in [-0.4, -0.2) is 30.1 Å². The van der Waals surface area contributed by atoms with Crippen LogP contribution in [0.2, 0.25) is 6.04 Å². The third kappa shape index (κ3) is 4.17. The van der Waals surface area contributed by atoms with Gasteiger partial charge in [0.05, 0.1) is 0 Å². The molecule has 0 aromatic carbocycles. The van der Waals surface area contributed by atoms with E-state index in [1.54, 1.807) is 21.3 Å². The van der Waals surface area contributed by atoms with E-state index in [1.165, 1.54) is 5.56 Å². The lowest BCUT2D eigenvalue weighted by Crippen LogP contribution is -2.44. The van der Waals surface area contributed by atoms with Gasteiger partial charge in [-0.05, 0) is 12.5 Å². The minimum absolute atomic E-state index is 0.833. The largest absolute Gasteiger partial charge is 0.500 e. The monoisotopic (exact) mass is 270 g/mol. The highest BCUT2D eigenvalue weighted by Crippen LogP contribution is 2.14. The highest BCUT2D eigenvalue weighted by atomic mass is 28.4. The fraction of sp³-hybridized carbons (Fsp3) is 0.615. The molecule has 102 valence electrons. The Kier molecular flexibility index (Phi) is 6.49. The van der Waals surface area contributed by atoms with Gasteiger partial charge in [0.15, 0.2) is 12.4 Å². The van der Waals surface area contributed by atoms with E-state index >= 15 is 0 Å². The van der Waals surface area contributed by atoms with Crippen molar-refractivity contribution in [3.05, 3.63) is 30.1 Å². The zero-order valence-electron chi connectivity index (χ0n) is 11.8. The minimum atomic E-state index is -2.41. The lowest BCUT2D eigenvalue weighted by molar-refractivity contribution is -0.697. The smallest absolute Gasteiger partial charge is 0.377 e. The molecule has 0 aliphatic rings. The molecular formula is C13H24NO3Si+. The van der Waals surface area contributed by atoms with Gasteiger partial charge in [0.1, 0.15) is 6.54 Å². The van der Waals surface area contributed by atoms with Crippen LogP contribution >= 0.6 is 0 Å². The number of rotatable bonds is 8. The van der Waals surface area contributed by atoms with Gasteiger partial charge in [0.2, 0.25) is 0 Å². The SMILES string of the molecule is CCc1ccc[n+](CCC[Si](OC)(OC)OC)c1. The van der Waals surface area contributed by atoms with Gasteiger partial charge in [-0.3, -0.25) is 0 Å². The Morgan fingerprint density at radius 1 is 1.17 bits per heavy atom. The van der Waals surface area contributed by atoms with E-state index in [1.807, 2.05) is 0 Å². The maximum Gasteiger partial charge on any atom is 0.500 e. The van der Waals surface area contributed by atoms with Crippen molar-refractivity contribution in [1.29, 1.82) is 0 Å². The molecule has 0 radical (unpaired) electrons. The van der Waals surface area contributed by atoms with Crippen molar-refractivity contribution in [2.45, 2.75) is 32.4 Å². The summed E-state index contributed by atoms with van der Waals surface area (Å²) in [6.45, 7) is 3.12. The van der Waals surface area contributed by atoms with Crippen LogP contribution < -0.4 is 4.57 Å². The summed E-state index contributed by atoms with van der Waals surface area (Å²) in [5, 5.41) is 0. The number of aromatic nitrogens is 1. The summed E-state index contributed by atoms with van der Waals surface area (Å²) < 4.78 is 18.4. The molecule has 5 heteroatoms. The fourth-order valence-electron chi connectivity index (χ4n) is 1.96. The molecule has 1 aromatic rings. The normalized spacial score (nSPS) is 11.8. The van der Waals surface area contributed by atoms with Crippen LogP contribution in [0.15, 0.2) is 24.5 Å². The van der Waals surface area contributed by atoms with E-state index < -0.39 is 8.80 Å². The van der Waals surface area contributed by atoms with E-state index in [-0.39, 0.29) is 0 Å². The zero-order chi connectivity index (χ0) is 13.4. The first-order valence-electron chi connectivity index (χ1n) is 6.33. The molecule has 4 nitrogen and oxygen atoms in total. The summed E-state index contributed by atoms with van der Waals surface area (Å²) in [5.74, 6) is 0. The van der Waals surface area contributed by atoms with Gasteiger partial charge in [0.25, 0.3) is 0 Å². The maximum absolute atomic E-state index is 5.40. The van der Waals surface area contributed by atoms with Gasteiger partial charge >= 0.3 is 8.80 Å². The second-order valence-electron chi connectivity index (χ2n) is 4.20. The predicted octanol–water partition coefficient (Wildman–Crippen LogP) is 1.80. The third-order valence-corrected chi connectivity index (χ3v) is 5.99. The highest BCUT2D eigenvalue weighted by Gasteiger charge is 2.37. The average Bonchev–Trinajstić information content (AvgIpc) is 2.44. The van der Waals surface area contributed by atoms with Crippen molar-refractivity contribution in [3.63, 3.8) is 0 Å². The summed E-state index contributed by atoms with van der Waals surface area (Å²) >= 11 is 0. The first-order chi connectivity index (χ1) is 8.69. The Bertz CT molecular complexity index is 348. The number of pyridine rings is 1. The number of aryl methyl sites for hydroxylation is 2. The van der Waals surface area contributed by atoms with Crippen molar-refractivity contribution >= 4 is 8.80 Å².